The van der Waals surface area contributed by atoms with Crippen LogP contribution in [0.15, 0.2) is 36.9 Å². The van der Waals surface area contributed by atoms with Gasteiger partial charge in [0.2, 0.25) is 5.28 Å². The Kier molecular flexibility index (Phi) is 7.62. The highest BCUT2D eigenvalue weighted by Gasteiger charge is 2.19. The monoisotopic (exact) mass is 377 g/mol. The third kappa shape index (κ3) is 4.69. The van der Waals surface area contributed by atoms with Gasteiger partial charge in [-0.1, -0.05) is 44.7 Å². The minimum Gasteiger partial charge on any atom is -0.378 e. The number of nitrogens with zero attached hydrogens (tertiary/aromatic N) is 3. The van der Waals surface area contributed by atoms with Gasteiger partial charge < -0.3 is 9.64 Å². The maximum Gasteiger partial charge on any atom is 0.224 e. The molecule has 3 heterocycles. The molecule has 0 aromatic carbocycles. The maximum absolute atomic E-state index is 6.13. The molecule has 1 aliphatic heterocycles. The molecule has 6 heteroatoms. The molecule has 2 aromatic heterocycles. The number of halogens is 1. The first-order chi connectivity index (χ1) is 12.2. The van der Waals surface area contributed by atoms with Gasteiger partial charge in [0, 0.05) is 18.0 Å². The van der Waals surface area contributed by atoms with Crippen molar-refractivity contribution in [2.24, 2.45) is 0 Å². The lowest BCUT2D eigenvalue weighted by atomic mass is 10.2. The fourth-order valence-corrected chi connectivity index (χ4v) is 3.78. The molecule has 0 spiro atoms. The topological polar surface area (TPSA) is 38.2 Å². The van der Waals surface area contributed by atoms with Crippen LogP contribution in [0.25, 0.3) is 15.8 Å². The van der Waals surface area contributed by atoms with Crippen LogP contribution in [0.3, 0.4) is 0 Å². The van der Waals surface area contributed by atoms with Crippen LogP contribution in [0.2, 0.25) is 5.28 Å². The lowest BCUT2D eigenvalue weighted by Crippen LogP contribution is -2.36. The van der Waals surface area contributed by atoms with Gasteiger partial charge in [0.15, 0.2) is 5.82 Å². The number of rotatable bonds is 4. The first-order valence-corrected chi connectivity index (χ1v) is 9.68. The van der Waals surface area contributed by atoms with Gasteiger partial charge in [-0.3, -0.25) is 0 Å². The van der Waals surface area contributed by atoms with E-state index < -0.39 is 0 Å². The summed E-state index contributed by atoms with van der Waals surface area (Å²) in [6.07, 6.45) is 7.89. The summed E-state index contributed by atoms with van der Waals surface area (Å²) in [5.74, 6) is 0.897. The number of thiophene rings is 1. The highest BCUT2D eigenvalue weighted by molar-refractivity contribution is 7.20. The summed E-state index contributed by atoms with van der Waals surface area (Å²) in [5.41, 5.74) is 1.94. The van der Waals surface area contributed by atoms with Gasteiger partial charge >= 0.3 is 0 Å². The fraction of sp³-hybridized carbons (Fsp3) is 0.368. The molecular formula is C19H24ClN3OS. The van der Waals surface area contributed by atoms with E-state index in [1.807, 2.05) is 45.1 Å². The third-order valence-corrected chi connectivity index (χ3v) is 4.95. The van der Waals surface area contributed by atoms with Crippen molar-refractivity contribution in [2.75, 3.05) is 31.2 Å². The summed E-state index contributed by atoms with van der Waals surface area (Å²) in [4.78, 5) is 12.2. The Morgan fingerprint density at radius 2 is 2.04 bits per heavy atom. The van der Waals surface area contributed by atoms with E-state index in [1.165, 1.54) is 0 Å². The average Bonchev–Trinajstić information content (AvgIpc) is 3.07. The molecule has 0 unspecified atom stereocenters. The predicted octanol–water partition coefficient (Wildman–Crippen LogP) is 5.35. The summed E-state index contributed by atoms with van der Waals surface area (Å²) in [7, 11) is 0. The first-order valence-electron chi connectivity index (χ1n) is 8.48. The lowest BCUT2D eigenvalue weighted by molar-refractivity contribution is 0.122. The molecule has 25 heavy (non-hydrogen) atoms. The molecule has 0 saturated carbocycles. The Morgan fingerprint density at radius 1 is 1.32 bits per heavy atom. The molecular weight excluding hydrogens is 354 g/mol. The predicted molar refractivity (Wildman–Crippen MR) is 110 cm³/mol. The number of ether oxygens (including phenoxy) is 1. The largest absolute Gasteiger partial charge is 0.378 e. The van der Waals surface area contributed by atoms with Crippen LogP contribution in [0.1, 0.15) is 25.6 Å². The zero-order valence-corrected chi connectivity index (χ0v) is 16.5. The molecule has 3 rings (SSSR count). The summed E-state index contributed by atoms with van der Waals surface area (Å²) in [5, 5.41) is 0.279. The van der Waals surface area contributed by atoms with Crippen molar-refractivity contribution < 1.29 is 4.74 Å². The molecule has 1 fully saturated rings. The SMILES string of the molecule is C=C/C(=C\C=C/C)c1cc2nc(Cl)nc(N3CCOCC3)c2s1.CC. The fourth-order valence-electron chi connectivity index (χ4n) is 2.47. The molecule has 0 bridgehead atoms. The lowest BCUT2D eigenvalue weighted by Gasteiger charge is -2.28. The third-order valence-electron chi connectivity index (χ3n) is 3.61. The molecule has 4 nitrogen and oxygen atoms in total. The van der Waals surface area contributed by atoms with E-state index in [-0.39, 0.29) is 5.28 Å². The molecule has 1 saturated heterocycles. The van der Waals surface area contributed by atoms with Gasteiger partial charge in [-0.2, -0.15) is 4.98 Å². The van der Waals surface area contributed by atoms with Crippen molar-refractivity contribution in [1.29, 1.82) is 0 Å². The molecule has 1 aliphatic rings. The molecule has 0 N–H and O–H groups in total. The second kappa shape index (κ2) is 9.70. The zero-order valence-electron chi connectivity index (χ0n) is 15.0. The van der Waals surface area contributed by atoms with Crippen LogP contribution in [-0.2, 0) is 4.74 Å². The van der Waals surface area contributed by atoms with E-state index >= 15 is 0 Å². The molecule has 134 valence electrons. The number of fused-ring (bicyclic) bond motifs is 1. The average molecular weight is 378 g/mol. The minimum absolute atomic E-state index is 0.279. The van der Waals surface area contributed by atoms with Crippen LogP contribution in [0.5, 0.6) is 0 Å². The van der Waals surface area contributed by atoms with E-state index in [0.29, 0.717) is 13.2 Å². The van der Waals surface area contributed by atoms with Crippen molar-refractivity contribution in [3.8, 4) is 0 Å². The second-order valence-corrected chi connectivity index (χ2v) is 6.48. The van der Waals surface area contributed by atoms with E-state index in [2.05, 4.69) is 27.5 Å². The number of allylic oxidation sites excluding steroid dienone is 5. The van der Waals surface area contributed by atoms with Crippen molar-refractivity contribution in [1.82, 2.24) is 9.97 Å². The number of morpholine rings is 1. The van der Waals surface area contributed by atoms with Crippen molar-refractivity contribution in [3.05, 3.63) is 47.1 Å². The standard InChI is InChI=1S/C17H18ClN3OS.C2H6/c1-3-5-6-12(4-2)14-11-13-15(23-14)16(20-17(18)19-13)21-7-9-22-10-8-21;1-2/h3-6,11H,2,7-10H2,1H3;1-2H3/b5-3-,12-6+;. The number of aromatic nitrogens is 2. The summed E-state index contributed by atoms with van der Waals surface area (Å²) in [6, 6.07) is 2.05. The molecule has 0 aliphatic carbocycles. The summed E-state index contributed by atoms with van der Waals surface area (Å²) in [6.45, 7) is 12.9. The Labute approximate surface area is 158 Å². The van der Waals surface area contributed by atoms with E-state index in [0.717, 1.165) is 39.6 Å². The first kappa shape index (κ1) is 19.6. The molecule has 0 amide bonds. The number of anilines is 1. The smallest absolute Gasteiger partial charge is 0.224 e. The van der Waals surface area contributed by atoms with Crippen LogP contribution in [0, 0.1) is 0 Å². The Bertz CT molecular complexity index is 776. The van der Waals surface area contributed by atoms with E-state index in [1.54, 1.807) is 11.3 Å². The summed E-state index contributed by atoms with van der Waals surface area (Å²) < 4.78 is 6.48. The normalized spacial score (nSPS) is 15.4. The van der Waals surface area contributed by atoms with Crippen LogP contribution in [0.4, 0.5) is 5.82 Å². The van der Waals surface area contributed by atoms with Gasteiger partial charge in [0.05, 0.1) is 23.4 Å². The zero-order chi connectivity index (χ0) is 18.2. The van der Waals surface area contributed by atoms with Gasteiger partial charge in [0.25, 0.3) is 0 Å². The molecule has 0 radical (unpaired) electrons. The Balaban J connectivity index is 0.00000109. The quantitative estimate of drug-likeness (QED) is 0.531. The Morgan fingerprint density at radius 3 is 2.68 bits per heavy atom. The van der Waals surface area contributed by atoms with E-state index in [9.17, 15) is 0 Å². The van der Waals surface area contributed by atoms with Crippen LogP contribution < -0.4 is 4.90 Å². The van der Waals surface area contributed by atoms with Crippen molar-refractivity contribution in [2.45, 2.75) is 20.8 Å². The second-order valence-electron chi connectivity index (χ2n) is 5.09. The van der Waals surface area contributed by atoms with Crippen LogP contribution >= 0.6 is 22.9 Å². The highest BCUT2D eigenvalue weighted by atomic mass is 35.5. The van der Waals surface area contributed by atoms with Gasteiger partial charge in [-0.25, -0.2) is 4.98 Å². The van der Waals surface area contributed by atoms with Crippen molar-refractivity contribution >= 4 is 44.5 Å². The highest BCUT2D eigenvalue weighted by Crippen LogP contribution is 2.36. The Hall–Kier alpha value is -1.69. The number of hydrogen-bond acceptors (Lipinski definition) is 5. The van der Waals surface area contributed by atoms with Gasteiger partial charge in [0.1, 0.15) is 0 Å². The summed E-state index contributed by atoms with van der Waals surface area (Å²) >= 11 is 7.80. The van der Waals surface area contributed by atoms with Gasteiger partial charge in [-0.05, 0) is 30.2 Å². The van der Waals surface area contributed by atoms with Crippen molar-refractivity contribution in [3.63, 3.8) is 0 Å². The molecule has 2 aromatic rings. The van der Waals surface area contributed by atoms with Gasteiger partial charge in [-0.15, -0.1) is 11.3 Å². The maximum atomic E-state index is 6.13. The minimum atomic E-state index is 0.279. The number of hydrogen-bond donors (Lipinski definition) is 0. The molecule has 0 atom stereocenters. The van der Waals surface area contributed by atoms with Crippen LogP contribution in [-0.4, -0.2) is 36.3 Å². The van der Waals surface area contributed by atoms with E-state index in [4.69, 9.17) is 16.3 Å².